The Bertz CT molecular complexity index is 1160. The second-order valence-corrected chi connectivity index (χ2v) is 10.4. The molecule has 0 aliphatic carbocycles. The van der Waals surface area contributed by atoms with Crippen molar-refractivity contribution in [1.29, 1.82) is 0 Å². The molecule has 184 valence electrons. The van der Waals surface area contributed by atoms with Crippen molar-refractivity contribution in [1.82, 2.24) is 9.80 Å². The standard InChI is InChI=1S/C28H31FN2O3S/c1-19(2)16-30(28(33)21-6-8-22(29)9-7-21)17-27(32)31-14-12-26-24(13-15-35-26)25(31)18-34-23-10-4-20(3)5-11-23/h4-11,13,15,19,25H,12,14,16-18H2,1-3H3/t25-/m1/s1. The zero-order valence-corrected chi connectivity index (χ0v) is 21.2. The number of hydrogen-bond acceptors (Lipinski definition) is 4. The maximum Gasteiger partial charge on any atom is 0.254 e. The van der Waals surface area contributed by atoms with Crippen molar-refractivity contribution in [2.45, 2.75) is 33.2 Å². The number of carbonyl (C=O) groups is 2. The van der Waals surface area contributed by atoms with Gasteiger partial charge in [0.25, 0.3) is 5.91 Å². The molecule has 0 saturated carbocycles. The van der Waals surface area contributed by atoms with Crippen molar-refractivity contribution in [3.63, 3.8) is 0 Å². The van der Waals surface area contributed by atoms with Crippen LogP contribution in [0.15, 0.2) is 60.0 Å². The molecule has 0 saturated heterocycles. The molecule has 1 aliphatic rings. The molecule has 4 rings (SSSR count). The third kappa shape index (κ3) is 6.09. The lowest BCUT2D eigenvalue weighted by Gasteiger charge is -2.37. The Morgan fingerprint density at radius 1 is 1.11 bits per heavy atom. The molecule has 0 N–H and O–H groups in total. The van der Waals surface area contributed by atoms with Crippen molar-refractivity contribution in [2.24, 2.45) is 5.92 Å². The highest BCUT2D eigenvalue weighted by Crippen LogP contribution is 2.34. The largest absolute Gasteiger partial charge is 0.491 e. The van der Waals surface area contributed by atoms with Crippen LogP contribution in [0.3, 0.4) is 0 Å². The van der Waals surface area contributed by atoms with Crippen LogP contribution in [0.1, 0.15) is 46.3 Å². The van der Waals surface area contributed by atoms with Gasteiger partial charge in [0.2, 0.25) is 5.91 Å². The first-order valence-corrected chi connectivity index (χ1v) is 12.8. The third-order valence-corrected chi connectivity index (χ3v) is 7.13. The molecule has 0 spiro atoms. The molecular formula is C28H31FN2O3S. The number of hydrogen-bond donors (Lipinski definition) is 0. The fourth-order valence-corrected chi connectivity index (χ4v) is 5.30. The fraction of sp³-hybridized carbons (Fsp3) is 0.357. The highest BCUT2D eigenvalue weighted by molar-refractivity contribution is 7.10. The Hall–Kier alpha value is -3.19. The Kier molecular flexibility index (Phi) is 7.86. The predicted molar refractivity (Wildman–Crippen MR) is 136 cm³/mol. The van der Waals surface area contributed by atoms with E-state index >= 15 is 0 Å². The summed E-state index contributed by atoms with van der Waals surface area (Å²) in [7, 11) is 0. The third-order valence-electron chi connectivity index (χ3n) is 6.13. The molecule has 2 aromatic carbocycles. The molecule has 1 atom stereocenters. The van der Waals surface area contributed by atoms with Crippen LogP contribution in [-0.2, 0) is 11.2 Å². The molecule has 1 aromatic heterocycles. The van der Waals surface area contributed by atoms with E-state index in [-0.39, 0.29) is 30.3 Å². The van der Waals surface area contributed by atoms with E-state index in [1.807, 2.05) is 49.9 Å². The van der Waals surface area contributed by atoms with Crippen molar-refractivity contribution >= 4 is 23.2 Å². The molecule has 2 amide bonds. The summed E-state index contributed by atoms with van der Waals surface area (Å²) < 4.78 is 19.5. The quantitative estimate of drug-likeness (QED) is 0.416. The van der Waals surface area contributed by atoms with Gasteiger partial charge in [0.05, 0.1) is 6.04 Å². The van der Waals surface area contributed by atoms with Gasteiger partial charge >= 0.3 is 0 Å². The summed E-state index contributed by atoms with van der Waals surface area (Å²) in [6.07, 6.45) is 0.788. The normalized spacial score (nSPS) is 15.1. The molecule has 0 fully saturated rings. The molecule has 7 heteroatoms. The van der Waals surface area contributed by atoms with Crippen LogP contribution in [0, 0.1) is 18.7 Å². The number of fused-ring (bicyclic) bond motifs is 1. The number of aryl methyl sites for hydroxylation is 1. The van der Waals surface area contributed by atoms with Gasteiger partial charge in [0.1, 0.15) is 24.7 Å². The molecule has 2 heterocycles. The average molecular weight is 495 g/mol. The van der Waals surface area contributed by atoms with Gasteiger partial charge in [0.15, 0.2) is 0 Å². The molecule has 35 heavy (non-hydrogen) atoms. The molecule has 5 nitrogen and oxygen atoms in total. The summed E-state index contributed by atoms with van der Waals surface area (Å²) in [5.41, 5.74) is 2.64. The van der Waals surface area contributed by atoms with Crippen LogP contribution in [0.4, 0.5) is 4.39 Å². The fourth-order valence-electron chi connectivity index (χ4n) is 4.37. The number of rotatable bonds is 8. The number of thiophene rings is 1. The van der Waals surface area contributed by atoms with Gasteiger partial charge in [-0.2, -0.15) is 0 Å². The van der Waals surface area contributed by atoms with Crippen LogP contribution >= 0.6 is 11.3 Å². The molecule has 0 bridgehead atoms. The molecule has 0 unspecified atom stereocenters. The number of nitrogens with zero attached hydrogens (tertiary/aromatic N) is 2. The highest BCUT2D eigenvalue weighted by Gasteiger charge is 2.33. The predicted octanol–water partition coefficient (Wildman–Crippen LogP) is 5.50. The first-order chi connectivity index (χ1) is 16.8. The summed E-state index contributed by atoms with van der Waals surface area (Å²) in [5.74, 6) is 0.156. The van der Waals surface area contributed by atoms with Crippen molar-refractivity contribution < 1.29 is 18.7 Å². The smallest absolute Gasteiger partial charge is 0.254 e. The summed E-state index contributed by atoms with van der Waals surface area (Å²) in [4.78, 5) is 31.5. The van der Waals surface area contributed by atoms with E-state index in [1.165, 1.54) is 29.1 Å². The average Bonchev–Trinajstić information content (AvgIpc) is 3.32. The van der Waals surface area contributed by atoms with Gasteiger partial charge in [0, 0.05) is 23.5 Å². The first-order valence-electron chi connectivity index (χ1n) is 11.9. The first kappa shape index (κ1) is 24.9. The van der Waals surface area contributed by atoms with Crippen LogP contribution in [0.2, 0.25) is 0 Å². The minimum atomic E-state index is -0.399. The van der Waals surface area contributed by atoms with Crippen LogP contribution in [0.25, 0.3) is 0 Å². The molecule has 3 aromatic rings. The maximum absolute atomic E-state index is 13.6. The monoisotopic (exact) mass is 494 g/mol. The lowest BCUT2D eigenvalue weighted by atomic mass is 10.00. The van der Waals surface area contributed by atoms with Gasteiger partial charge in [-0.15, -0.1) is 11.3 Å². The van der Waals surface area contributed by atoms with Crippen molar-refractivity contribution in [2.75, 3.05) is 26.2 Å². The summed E-state index contributed by atoms with van der Waals surface area (Å²) in [5, 5.41) is 2.06. The van der Waals surface area contributed by atoms with Gasteiger partial charge in [-0.1, -0.05) is 31.5 Å². The lowest BCUT2D eigenvalue weighted by molar-refractivity contribution is -0.135. The number of ether oxygens (including phenoxy) is 1. The SMILES string of the molecule is Cc1ccc(OC[C@@H]2c3ccsc3CCN2C(=O)CN(CC(C)C)C(=O)c2ccc(F)cc2)cc1. The Labute approximate surface area is 210 Å². The topological polar surface area (TPSA) is 49.9 Å². The Balaban J connectivity index is 1.52. The van der Waals surface area contributed by atoms with E-state index in [9.17, 15) is 14.0 Å². The number of halogens is 1. The zero-order chi connectivity index (χ0) is 24.9. The summed E-state index contributed by atoms with van der Waals surface area (Å²) in [6, 6.07) is 15.2. The van der Waals surface area contributed by atoms with Crippen LogP contribution in [0.5, 0.6) is 5.75 Å². The molecule has 1 aliphatic heterocycles. The van der Waals surface area contributed by atoms with E-state index in [0.29, 0.717) is 25.3 Å². The molecule has 0 radical (unpaired) electrons. The summed E-state index contributed by atoms with van der Waals surface area (Å²) >= 11 is 1.70. The second-order valence-electron chi connectivity index (χ2n) is 9.36. The van der Waals surface area contributed by atoms with Crippen LogP contribution < -0.4 is 4.74 Å². The number of amides is 2. The van der Waals surface area contributed by atoms with E-state index in [2.05, 4.69) is 11.4 Å². The van der Waals surface area contributed by atoms with Gasteiger partial charge in [-0.3, -0.25) is 9.59 Å². The number of benzene rings is 2. The van der Waals surface area contributed by atoms with E-state index < -0.39 is 5.82 Å². The van der Waals surface area contributed by atoms with Gasteiger partial charge in [-0.25, -0.2) is 4.39 Å². The Morgan fingerprint density at radius 3 is 2.51 bits per heavy atom. The maximum atomic E-state index is 13.6. The van der Waals surface area contributed by atoms with Gasteiger partial charge < -0.3 is 14.5 Å². The second kappa shape index (κ2) is 11.0. The lowest BCUT2D eigenvalue weighted by Crippen LogP contribution is -2.48. The minimum absolute atomic E-state index is 0.0328. The zero-order valence-electron chi connectivity index (χ0n) is 20.4. The Morgan fingerprint density at radius 2 is 1.83 bits per heavy atom. The van der Waals surface area contributed by atoms with Crippen molar-refractivity contribution in [3.05, 3.63) is 87.4 Å². The molecular weight excluding hydrogens is 463 g/mol. The van der Waals surface area contributed by atoms with E-state index in [0.717, 1.165) is 23.3 Å². The van der Waals surface area contributed by atoms with Gasteiger partial charge in [-0.05, 0) is 72.7 Å². The number of carbonyl (C=O) groups excluding carboxylic acids is 2. The summed E-state index contributed by atoms with van der Waals surface area (Å²) in [6.45, 7) is 7.36. The van der Waals surface area contributed by atoms with E-state index in [4.69, 9.17) is 4.74 Å². The van der Waals surface area contributed by atoms with Crippen molar-refractivity contribution in [3.8, 4) is 5.75 Å². The highest BCUT2D eigenvalue weighted by atomic mass is 32.1. The minimum Gasteiger partial charge on any atom is -0.491 e. The van der Waals surface area contributed by atoms with Crippen LogP contribution in [-0.4, -0.2) is 47.9 Å². The van der Waals surface area contributed by atoms with E-state index in [1.54, 1.807) is 16.2 Å².